The number of pyridine rings is 2. The first-order valence-electron chi connectivity index (χ1n) is 4.31. The summed E-state index contributed by atoms with van der Waals surface area (Å²) in [5.74, 6) is -0.144. The van der Waals surface area contributed by atoms with E-state index in [0.717, 1.165) is 0 Å². The van der Waals surface area contributed by atoms with E-state index in [1.165, 1.54) is 13.1 Å². The van der Waals surface area contributed by atoms with Crippen LogP contribution in [0.1, 0.15) is 17.3 Å². The first kappa shape index (κ1) is 9.86. The van der Waals surface area contributed by atoms with Gasteiger partial charge in [-0.15, -0.1) is 0 Å². The lowest BCUT2D eigenvalue weighted by molar-refractivity contribution is 0.102. The third-order valence-corrected chi connectivity index (χ3v) is 2.27. The highest BCUT2D eigenvalue weighted by molar-refractivity contribution is 6.30. The largest absolute Gasteiger partial charge is 0.397 e. The molecule has 0 radical (unpaired) electrons. The molecule has 0 unspecified atom stereocenters. The van der Waals surface area contributed by atoms with Crippen molar-refractivity contribution in [1.29, 1.82) is 0 Å². The summed E-state index contributed by atoms with van der Waals surface area (Å²) in [6, 6.07) is 3.33. The number of fused-ring (bicyclic) bond motifs is 1. The Hall–Kier alpha value is -1.68. The van der Waals surface area contributed by atoms with Crippen LogP contribution < -0.4 is 5.73 Å². The van der Waals surface area contributed by atoms with Crippen molar-refractivity contribution in [2.24, 2.45) is 0 Å². The van der Waals surface area contributed by atoms with Gasteiger partial charge in [0.1, 0.15) is 10.7 Å². The van der Waals surface area contributed by atoms with Crippen LogP contribution in [0.3, 0.4) is 0 Å². The topological polar surface area (TPSA) is 68.9 Å². The number of hydrogen-bond acceptors (Lipinski definition) is 4. The molecule has 76 valence electrons. The number of aromatic nitrogens is 2. The Morgan fingerprint density at radius 3 is 2.87 bits per heavy atom. The Morgan fingerprint density at radius 1 is 1.47 bits per heavy atom. The van der Waals surface area contributed by atoms with Gasteiger partial charge in [-0.3, -0.25) is 9.78 Å². The Bertz CT molecular complexity index is 548. The predicted molar refractivity (Wildman–Crippen MR) is 59.0 cm³/mol. The predicted octanol–water partition coefficient (Wildman–Crippen LogP) is 2.07. The highest BCUT2D eigenvalue weighted by Gasteiger charge is 2.12. The lowest BCUT2D eigenvalue weighted by Crippen LogP contribution is -2.03. The molecule has 15 heavy (non-hydrogen) atoms. The van der Waals surface area contributed by atoms with Crippen LogP contribution in [0.25, 0.3) is 11.0 Å². The maximum atomic E-state index is 11.4. The molecular formula is C10H8ClN3O. The van der Waals surface area contributed by atoms with Crippen molar-refractivity contribution in [3.8, 4) is 0 Å². The zero-order valence-electron chi connectivity index (χ0n) is 7.99. The zero-order valence-corrected chi connectivity index (χ0v) is 8.75. The summed E-state index contributed by atoms with van der Waals surface area (Å²) in [6.07, 6.45) is 1.45. The monoisotopic (exact) mass is 221 g/mol. The standard InChI is InChI=1S/C10H8ClN3O/c1-5(15)9-6(12)4-13-7-2-3-8(11)14-10(7)9/h2-4H,12H2,1H3. The fraction of sp³-hybridized carbons (Fsp3) is 0.100. The van der Waals surface area contributed by atoms with Crippen molar-refractivity contribution in [3.05, 3.63) is 29.0 Å². The lowest BCUT2D eigenvalue weighted by Gasteiger charge is -2.05. The molecule has 5 heteroatoms. The number of nitrogens with two attached hydrogens (primary N) is 1. The number of ketones is 1. The molecule has 0 saturated heterocycles. The Labute approximate surface area is 91.1 Å². The summed E-state index contributed by atoms with van der Waals surface area (Å²) in [7, 11) is 0. The average Bonchev–Trinajstić information content (AvgIpc) is 2.16. The van der Waals surface area contributed by atoms with Crippen LogP contribution in [0.2, 0.25) is 5.15 Å². The quantitative estimate of drug-likeness (QED) is 0.591. The summed E-state index contributed by atoms with van der Waals surface area (Å²) in [6.45, 7) is 1.44. The number of halogens is 1. The number of rotatable bonds is 1. The maximum absolute atomic E-state index is 11.4. The molecule has 0 saturated carbocycles. The summed E-state index contributed by atoms with van der Waals surface area (Å²) < 4.78 is 0. The van der Waals surface area contributed by atoms with Gasteiger partial charge in [0, 0.05) is 0 Å². The minimum absolute atomic E-state index is 0.144. The summed E-state index contributed by atoms with van der Waals surface area (Å²) >= 11 is 5.76. The van der Waals surface area contributed by atoms with Crippen LogP contribution in [-0.4, -0.2) is 15.8 Å². The molecule has 0 aromatic carbocycles. The van der Waals surface area contributed by atoms with Gasteiger partial charge in [-0.1, -0.05) is 11.6 Å². The third-order valence-electron chi connectivity index (χ3n) is 2.06. The molecule has 0 fully saturated rings. The highest BCUT2D eigenvalue weighted by atomic mass is 35.5. The second-order valence-electron chi connectivity index (χ2n) is 3.15. The van der Waals surface area contributed by atoms with E-state index in [0.29, 0.717) is 27.4 Å². The van der Waals surface area contributed by atoms with Gasteiger partial charge in [0.15, 0.2) is 5.78 Å². The van der Waals surface area contributed by atoms with Gasteiger partial charge in [-0.2, -0.15) is 0 Å². The number of carbonyl (C=O) groups excluding carboxylic acids is 1. The van der Waals surface area contributed by atoms with Crippen molar-refractivity contribution in [3.63, 3.8) is 0 Å². The molecule has 4 nitrogen and oxygen atoms in total. The van der Waals surface area contributed by atoms with Crippen LogP contribution in [0.4, 0.5) is 5.69 Å². The average molecular weight is 222 g/mol. The van der Waals surface area contributed by atoms with Crippen LogP contribution >= 0.6 is 11.6 Å². The molecule has 2 rings (SSSR count). The molecule has 0 aliphatic carbocycles. The molecule has 0 atom stereocenters. The molecule has 2 aromatic heterocycles. The minimum atomic E-state index is -0.144. The zero-order chi connectivity index (χ0) is 11.0. The number of nitrogens with zero attached hydrogens (tertiary/aromatic N) is 2. The van der Waals surface area contributed by atoms with Crippen LogP contribution in [0.15, 0.2) is 18.3 Å². The summed E-state index contributed by atoms with van der Waals surface area (Å²) in [5.41, 5.74) is 7.44. The first-order chi connectivity index (χ1) is 7.09. The summed E-state index contributed by atoms with van der Waals surface area (Å²) in [4.78, 5) is 19.5. The molecule has 2 heterocycles. The normalized spacial score (nSPS) is 10.5. The van der Waals surface area contributed by atoms with Crippen molar-refractivity contribution in [2.75, 3.05) is 5.73 Å². The molecule has 0 aliphatic heterocycles. The number of nitrogen functional groups attached to an aromatic ring is 1. The van der Waals surface area contributed by atoms with Gasteiger partial charge in [0.25, 0.3) is 0 Å². The molecule has 0 spiro atoms. The van der Waals surface area contributed by atoms with Gasteiger partial charge in [0.05, 0.1) is 23.0 Å². The maximum Gasteiger partial charge on any atom is 0.164 e. The van der Waals surface area contributed by atoms with Gasteiger partial charge in [-0.25, -0.2) is 4.98 Å². The Balaban J connectivity index is 2.90. The van der Waals surface area contributed by atoms with E-state index >= 15 is 0 Å². The second-order valence-corrected chi connectivity index (χ2v) is 3.53. The number of hydrogen-bond donors (Lipinski definition) is 1. The minimum Gasteiger partial charge on any atom is -0.397 e. The van der Waals surface area contributed by atoms with E-state index < -0.39 is 0 Å². The number of Topliss-reactive ketones (excluding diaryl/α,β-unsaturated/α-hetero) is 1. The van der Waals surface area contributed by atoms with Crippen molar-refractivity contribution >= 4 is 34.1 Å². The van der Waals surface area contributed by atoms with E-state index in [1.54, 1.807) is 12.1 Å². The molecular weight excluding hydrogens is 214 g/mol. The van der Waals surface area contributed by atoms with Gasteiger partial charge < -0.3 is 5.73 Å². The van der Waals surface area contributed by atoms with Gasteiger partial charge >= 0.3 is 0 Å². The smallest absolute Gasteiger partial charge is 0.164 e. The highest BCUT2D eigenvalue weighted by Crippen LogP contribution is 2.22. The Morgan fingerprint density at radius 2 is 2.20 bits per heavy atom. The molecule has 2 N–H and O–H groups in total. The fourth-order valence-electron chi connectivity index (χ4n) is 1.43. The number of carbonyl (C=O) groups is 1. The molecule has 2 aromatic rings. The van der Waals surface area contributed by atoms with Crippen molar-refractivity contribution < 1.29 is 4.79 Å². The fourth-order valence-corrected chi connectivity index (χ4v) is 1.57. The van der Waals surface area contributed by atoms with Gasteiger partial charge in [0.2, 0.25) is 0 Å². The summed E-state index contributed by atoms with van der Waals surface area (Å²) in [5, 5.41) is 0.317. The van der Waals surface area contributed by atoms with Crippen molar-refractivity contribution in [2.45, 2.75) is 6.92 Å². The van der Waals surface area contributed by atoms with Gasteiger partial charge in [-0.05, 0) is 19.1 Å². The van der Waals surface area contributed by atoms with E-state index in [4.69, 9.17) is 17.3 Å². The third kappa shape index (κ3) is 1.64. The lowest BCUT2D eigenvalue weighted by atomic mass is 10.1. The van der Waals surface area contributed by atoms with Crippen molar-refractivity contribution in [1.82, 2.24) is 9.97 Å². The van der Waals surface area contributed by atoms with Crippen LogP contribution in [0.5, 0.6) is 0 Å². The Kier molecular flexibility index (Phi) is 2.28. The van der Waals surface area contributed by atoms with E-state index in [-0.39, 0.29) is 5.78 Å². The molecule has 0 amide bonds. The SMILES string of the molecule is CC(=O)c1c(N)cnc2ccc(Cl)nc12. The molecule has 0 bridgehead atoms. The van der Waals surface area contributed by atoms with E-state index in [1.807, 2.05) is 0 Å². The van der Waals surface area contributed by atoms with E-state index in [9.17, 15) is 4.79 Å². The van der Waals surface area contributed by atoms with Crippen LogP contribution in [0, 0.1) is 0 Å². The van der Waals surface area contributed by atoms with Crippen LogP contribution in [-0.2, 0) is 0 Å². The second kappa shape index (κ2) is 3.47. The molecule has 0 aliphatic rings. The number of anilines is 1. The first-order valence-corrected chi connectivity index (χ1v) is 4.69. The van der Waals surface area contributed by atoms with E-state index in [2.05, 4.69) is 9.97 Å².